The van der Waals surface area contributed by atoms with Crippen LogP contribution in [0.2, 0.25) is 5.02 Å². The Bertz CT molecular complexity index is 835. The smallest absolute Gasteiger partial charge is 0.130 e. The van der Waals surface area contributed by atoms with Crippen LogP contribution in [0.1, 0.15) is 31.9 Å². The van der Waals surface area contributed by atoms with Crippen molar-refractivity contribution in [2.45, 2.75) is 32.6 Å². The lowest BCUT2D eigenvalue weighted by Gasteiger charge is -2.19. The number of hydrogen-bond donors (Lipinski definition) is 0. The van der Waals surface area contributed by atoms with Crippen molar-refractivity contribution in [3.05, 3.63) is 70.9 Å². The number of pyridine rings is 1. The summed E-state index contributed by atoms with van der Waals surface area (Å²) in [6.45, 7) is 7.32. The third-order valence-electron chi connectivity index (χ3n) is 4.13. The molecular formula is C21H22ClNO. The fraction of sp³-hybridized carbons (Fsp3) is 0.286. The summed E-state index contributed by atoms with van der Waals surface area (Å²) in [5.74, 6) is 0.850. The van der Waals surface area contributed by atoms with Gasteiger partial charge in [0.25, 0.3) is 0 Å². The Kier molecular flexibility index (Phi) is 4.77. The predicted molar refractivity (Wildman–Crippen MR) is 101 cm³/mol. The van der Waals surface area contributed by atoms with Crippen molar-refractivity contribution in [2.24, 2.45) is 0 Å². The van der Waals surface area contributed by atoms with Gasteiger partial charge in [0.1, 0.15) is 5.75 Å². The minimum absolute atomic E-state index is 0.187. The van der Waals surface area contributed by atoms with Gasteiger partial charge in [-0.05, 0) is 40.8 Å². The molecule has 1 aromatic heterocycles. The highest BCUT2D eigenvalue weighted by Crippen LogP contribution is 2.26. The first kappa shape index (κ1) is 16.8. The van der Waals surface area contributed by atoms with Gasteiger partial charge in [-0.3, -0.25) is 4.98 Å². The standard InChI is InChI=1S/C21H22ClNO/c1-21(2,3)16-6-4-15(5-7-16)11-13-24-20-10-12-23-19-14-17(22)8-9-18(19)20/h4-10,12,14H,11,13H2,1-3H3. The second-order valence-electron chi connectivity index (χ2n) is 7.02. The van der Waals surface area contributed by atoms with Crippen molar-refractivity contribution in [3.63, 3.8) is 0 Å². The molecule has 0 amide bonds. The number of benzene rings is 2. The molecule has 0 aliphatic heterocycles. The van der Waals surface area contributed by atoms with Gasteiger partial charge in [-0.25, -0.2) is 0 Å². The summed E-state index contributed by atoms with van der Waals surface area (Å²) >= 11 is 6.02. The normalized spacial score (nSPS) is 11.7. The van der Waals surface area contributed by atoms with E-state index in [1.54, 1.807) is 6.20 Å². The van der Waals surface area contributed by atoms with Crippen molar-refractivity contribution in [1.29, 1.82) is 0 Å². The number of halogens is 1. The van der Waals surface area contributed by atoms with Crippen molar-refractivity contribution >= 4 is 22.5 Å². The second-order valence-corrected chi connectivity index (χ2v) is 7.45. The van der Waals surface area contributed by atoms with Crippen LogP contribution in [0.3, 0.4) is 0 Å². The minimum atomic E-state index is 0.187. The lowest BCUT2D eigenvalue weighted by atomic mass is 9.86. The van der Waals surface area contributed by atoms with Crippen LogP contribution in [0, 0.1) is 0 Å². The van der Waals surface area contributed by atoms with Crippen molar-refractivity contribution < 1.29 is 4.74 Å². The van der Waals surface area contributed by atoms with E-state index in [2.05, 4.69) is 50.0 Å². The molecule has 1 heterocycles. The Balaban J connectivity index is 1.67. The lowest BCUT2D eigenvalue weighted by Crippen LogP contribution is -2.11. The lowest BCUT2D eigenvalue weighted by molar-refractivity contribution is 0.325. The van der Waals surface area contributed by atoms with E-state index in [-0.39, 0.29) is 5.41 Å². The molecule has 24 heavy (non-hydrogen) atoms. The molecule has 0 spiro atoms. The topological polar surface area (TPSA) is 22.1 Å². The molecule has 0 unspecified atom stereocenters. The Morgan fingerprint density at radius 2 is 1.75 bits per heavy atom. The zero-order valence-electron chi connectivity index (χ0n) is 14.3. The van der Waals surface area contributed by atoms with E-state index in [1.165, 1.54) is 11.1 Å². The summed E-state index contributed by atoms with van der Waals surface area (Å²) in [4.78, 5) is 4.34. The van der Waals surface area contributed by atoms with Crippen LogP contribution in [-0.2, 0) is 11.8 Å². The van der Waals surface area contributed by atoms with Gasteiger partial charge in [-0.1, -0.05) is 56.6 Å². The molecule has 3 aromatic rings. The molecule has 2 aromatic carbocycles. The SMILES string of the molecule is CC(C)(C)c1ccc(CCOc2ccnc3cc(Cl)ccc23)cc1. The van der Waals surface area contributed by atoms with Gasteiger partial charge in [0.15, 0.2) is 0 Å². The van der Waals surface area contributed by atoms with Crippen LogP contribution < -0.4 is 4.74 Å². The fourth-order valence-electron chi connectivity index (χ4n) is 2.67. The second kappa shape index (κ2) is 6.82. The predicted octanol–water partition coefficient (Wildman–Crippen LogP) is 5.81. The van der Waals surface area contributed by atoms with E-state index in [4.69, 9.17) is 16.3 Å². The first-order valence-corrected chi connectivity index (χ1v) is 8.58. The molecule has 3 heteroatoms. The highest BCUT2D eigenvalue weighted by atomic mass is 35.5. The minimum Gasteiger partial charge on any atom is -0.492 e. The zero-order chi connectivity index (χ0) is 17.2. The Morgan fingerprint density at radius 3 is 2.46 bits per heavy atom. The molecule has 0 aliphatic carbocycles. The van der Waals surface area contributed by atoms with Crippen molar-refractivity contribution in [1.82, 2.24) is 4.98 Å². The maximum atomic E-state index is 6.02. The Labute approximate surface area is 148 Å². The monoisotopic (exact) mass is 339 g/mol. The Morgan fingerprint density at radius 1 is 1.00 bits per heavy atom. The molecule has 0 radical (unpaired) electrons. The third kappa shape index (κ3) is 3.88. The molecular weight excluding hydrogens is 318 g/mol. The van der Waals surface area contributed by atoms with Crippen LogP contribution in [0.15, 0.2) is 54.7 Å². The number of fused-ring (bicyclic) bond motifs is 1. The average molecular weight is 340 g/mol. The molecule has 3 rings (SSSR count). The number of aromatic nitrogens is 1. The molecule has 124 valence electrons. The van der Waals surface area contributed by atoms with Gasteiger partial charge < -0.3 is 4.74 Å². The summed E-state index contributed by atoms with van der Waals surface area (Å²) in [6.07, 6.45) is 2.63. The number of rotatable bonds is 4. The van der Waals surface area contributed by atoms with E-state index in [0.717, 1.165) is 23.1 Å². The van der Waals surface area contributed by atoms with Gasteiger partial charge in [0.05, 0.1) is 12.1 Å². The average Bonchev–Trinajstić information content (AvgIpc) is 2.54. The van der Waals surface area contributed by atoms with Crippen LogP contribution >= 0.6 is 11.6 Å². The molecule has 0 saturated heterocycles. The highest BCUT2D eigenvalue weighted by Gasteiger charge is 2.12. The summed E-state index contributed by atoms with van der Waals surface area (Å²) in [5.41, 5.74) is 3.68. The number of hydrogen-bond acceptors (Lipinski definition) is 2. The molecule has 0 atom stereocenters. The van der Waals surface area contributed by atoms with Crippen LogP contribution in [0.4, 0.5) is 0 Å². The highest BCUT2D eigenvalue weighted by molar-refractivity contribution is 6.31. The first-order chi connectivity index (χ1) is 11.4. The van der Waals surface area contributed by atoms with Gasteiger partial charge in [-0.2, -0.15) is 0 Å². The Hall–Kier alpha value is -2.06. The zero-order valence-corrected chi connectivity index (χ0v) is 15.1. The molecule has 2 nitrogen and oxygen atoms in total. The van der Waals surface area contributed by atoms with Crippen molar-refractivity contribution in [3.8, 4) is 5.75 Å². The number of ether oxygens (including phenoxy) is 1. The maximum Gasteiger partial charge on any atom is 0.130 e. The van der Waals surface area contributed by atoms with Gasteiger partial charge in [0, 0.05) is 23.0 Å². The molecule has 0 fully saturated rings. The summed E-state index contributed by atoms with van der Waals surface area (Å²) in [5, 5.41) is 1.68. The van der Waals surface area contributed by atoms with E-state index >= 15 is 0 Å². The van der Waals surface area contributed by atoms with Crippen LogP contribution in [0.5, 0.6) is 5.75 Å². The van der Waals surface area contributed by atoms with Gasteiger partial charge >= 0.3 is 0 Å². The number of nitrogens with zero attached hydrogens (tertiary/aromatic N) is 1. The quantitative estimate of drug-likeness (QED) is 0.598. The molecule has 0 saturated carbocycles. The van der Waals surface area contributed by atoms with Crippen LogP contribution in [-0.4, -0.2) is 11.6 Å². The van der Waals surface area contributed by atoms with Gasteiger partial charge in [-0.15, -0.1) is 0 Å². The van der Waals surface area contributed by atoms with E-state index < -0.39 is 0 Å². The van der Waals surface area contributed by atoms with Crippen molar-refractivity contribution in [2.75, 3.05) is 6.61 Å². The maximum absolute atomic E-state index is 6.02. The fourth-order valence-corrected chi connectivity index (χ4v) is 2.84. The molecule has 0 bridgehead atoms. The summed E-state index contributed by atoms with van der Waals surface area (Å²) in [6, 6.07) is 16.4. The summed E-state index contributed by atoms with van der Waals surface area (Å²) in [7, 11) is 0. The largest absolute Gasteiger partial charge is 0.492 e. The summed E-state index contributed by atoms with van der Waals surface area (Å²) < 4.78 is 5.98. The van der Waals surface area contributed by atoms with E-state index in [0.29, 0.717) is 11.6 Å². The van der Waals surface area contributed by atoms with Gasteiger partial charge in [0.2, 0.25) is 0 Å². The molecule has 0 N–H and O–H groups in total. The van der Waals surface area contributed by atoms with Crippen LogP contribution in [0.25, 0.3) is 10.9 Å². The third-order valence-corrected chi connectivity index (χ3v) is 4.37. The van der Waals surface area contributed by atoms with E-state index in [9.17, 15) is 0 Å². The molecule has 0 aliphatic rings. The van der Waals surface area contributed by atoms with E-state index in [1.807, 2.05) is 24.3 Å². The first-order valence-electron chi connectivity index (χ1n) is 8.20.